The van der Waals surface area contributed by atoms with Crippen molar-refractivity contribution in [2.45, 2.75) is 19.4 Å². The molecule has 0 radical (unpaired) electrons. The van der Waals surface area contributed by atoms with Crippen LogP contribution < -0.4 is 10.9 Å². The molecule has 2 aromatic rings. The molecule has 7 nitrogen and oxygen atoms in total. The van der Waals surface area contributed by atoms with Crippen LogP contribution in [0.5, 0.6) is 0 Å². The van der Waals surface area contributed by atoms with Crippen LogP contribution in [0.2, 0.25) is 0 Å². The van der Waals surface area contributed by atoms with E-state index in [1.807, 2.05) is 30.3 Å². The van der Waals surface area contributed by atoms with Gasteiger partial charge in [-0.2, -0.15) is 5.10 Å². The molecule has 0 unspecified atom stereocenters. The monoisotopic (exact) mass is 428 g/mol. The SMILES string of the molecule is O=C(NNC(=O)c1ccc(Br)cc1)C1=NN(Cc2ccccc2)C(=O)CC1. The van der Waals surface area contributed by atoms with Gasteiger partial charge in [-0.15, -0.1) is 0 Å². The number of hydrazone groups is 1. The Balaban J connectivity index is 1.61. The molecule has 0 spiro atoms. The number of carbonyl (C=O) groups is 3. The molecule has 0 aromatic heterocycles. The van der Waals surface area contributed by atoms with Gasteiger partial charge in [0.2, 0.25) is 5.91 Å². The van der Waals surface area contributed by atoms with Crippen LogP contribution >= 0.6 is 15.9 Å². The predicted octanol–water partition coefficient (Wildman–Crippen LogP) is 2.39. The first-order valence-electron chi connectivity index (χ1n) is 8.31. The highest BCUT2D eigenvalue weighted by molar-refractivity contribution is 9.10. The largest absolute Gasteiger partial charge is 0.285 e. The second-order valence-electron chi connectivity index (χ2n) is 5.90. The van der Waals surface area contributed by atoms with E-state index in [1.165, 1.54) is 5.01 Å². The quantitative estimate of drug-likeness (QED) is 0.732. The standard InChI is InChI=1S/C19H17BrN4O3/c20-15-8-6-14(7-9-15)18(26)21-22-19(27)16-10-11-17(25)24(23-16)12-13-4-2-1-3-5-13/h1-9H,10-12H2,(H,21,26)(H,22,27). The maximum absolute atomic E-state index is 12.3. The van der Waals surface area contributed by atoms with Crippen LogP contribution in [-0.4, -0.2) is 28.4 Å². The maximum Gasteiger partial charge on any atom is 0.285 e. The summed E-state index contributed by atoms with van der Waals surface area (Å²) in [6.45, 7) is 0.293. The van der Waals surface area contributed by atoms with Crippen LogP contribution in [0.25, 0.3) is 0 Å². The van der Waals surface area contributed by atoms with Crippen LogP contribution in [-0.2, 0) is 16.1 Å². The molecule has 0 aliphatic carbocycles. The average molecular weight is 429 g/mol. The van der Waals surface area contributed by atoms with Gasteiger partial charge < -0.3 is 0 Å². The summed E-state index contributed by atoms with van der Waals surface area (Å²) in [5, 5.41) is 5.43. The van der Waals surface area contributed by atoms with E-state index in [2.05, 4.69) is 31.9 Å². The smallest absolute Gasteiger partial charge is 0.273 e. The molecule has 2 N–H and O–H groups in total. The van der Waals surface area contributed by atoms with Gasteiger partial charge in [-0.3, -0.25) is 25.2 Å². The van der Waals surface area contributed by atoms with Crippen LogP contribution in [0.15, 0.2) is 64.2 Å². The molecular formula is C19H17BrN4O3. The van der Waals surface area contributed by atoms with Gasteiger partial charge in [0.1, 0.15) is 5.71 Å². The summed E-state index contributed by atoms with van der Waals surface area (Å²) in [7, 11) is 0. The van der Waals surface area contributed by atoms with E-state index in [9.17, 15) is 14.4 Å². The number of carbonyl (C=O) groups excluding carboxylic acids is 3. The van der Waals surface area contributed by atoms with Crippen molar-refractivity contribution in [2.75, 3.05) is 0 Å². The zero-order chi connectivity index (χ0) is 19.2. The Kier molecular flexibility index (Phi) is 5.97. The molecule has 0 saturated heterocycles. The number of benzene rings is 2. The van der Waals surface area contributed by atoms with E-state index in [1.54, 1.807) is 24.3 Å². The van der Waals surface area contributed by atoms with Gasteiger partial charge in [-0.05, 0) is 29.8 Å². The molecule has 1 heterocycles. The van der Waals surface area contributed by atoms with Crippen molar-refractivity contribution in [3.05, 3.63) is 70.2 Å². The van der Waals surface area contributed by atoms with Gasteiger partial charge in [-0.1, -0.05) is 46.3 Å². The van der Waals surface area contributed by atoms with Crippen LogP contribution in [0, 0.1) is 0 Å². The summed E-state index contributed by atoms with van der Waals surface area (Å²) in [5.41, 5.74) is 6.22. The number of nitrogens with one attached hydrogen (secondary N) is 2. The lowest BCUT2D eigenvalue weighted by molar-refractivity contribution is -0.132. The van der Waals surface area contributed by atoms with E-state index < -0.39 is 11.8 Å². The second kappa shape index (κ2) is 8.59. The van der Waals surface area contributed by atoms with E-state index >= 15 is 0 Å². The minimum atomic E-state index is -0.536. The molecule has 138 valence electrons. The fourth-order valence-electron chi connectivity index (χ4n) is 2.50. The van der Waals surface area contributed by atoms with E-state index in [0.29, 0.717) is 12.1 Å². The van der Waals surface area contributed by atoms with Crippen molar-refractivity contribution < 1.29 is 14.4 Å². The molecule has 0 fully saturated rings. The average Bonchev–Trinajstić information content (AvgIpc) is 2.69. The zero-order valence-electron chi connectivity index (χ0n) is 14.3. The highest BCUT2D eigenvalue weighted by atomic mass is 79.9. The Morgan fingerprint density at radius 2 is 1.63 bits per heavy atom. The van der Waals surface area contributed by atoms with Crippen LogP contribution in [0.4, 0.5) is 0 Å². The molecule has 3 amide bonds. The molecular weight excluding hydrogens is 412 g/mol. The lowest BCUT2D eigenvalue weighted by Crippen LogP contribution is -2.46. The molecule has 2 aromatic carbocycles. The molecule has 0 atom stereocenters. The Morgan fingerprint density at radius 3 is 2.33 bits per heavy atom. The third-order valence-corrected chi connectivity index (χ3v) is 4.47. The van der Waals surface area contributed by atoms with E-state index in [4.69, 9.17) is 0 Å². The molecule has 1 aliphatic rings. The van der Waals surface area contributed by atoms with Crippen molar-refractivity contribution in [1.29, 1.82) is 0 Å². The Hall–Kier alpha value is -3.00. The van der Waals surface area contributed by atoms with Gasteiger partial charge in [-0.25, -0.2) is 5.01 Å². The van der Waals surface area contributed by atoms with E-state index in [0.717, 1.165) is 10.0 Å². The minimum absolute atomic E-state index is 0.144. The minimum Gasteiger partial charge on any atom is -0.273 e. The summed E-state index contributed by atoms with van der Waals surface area (Å²) in [5.74, 6) is -1.12. The number of amides is 3. The van der Waals surface area contributed by atoms with Crippen LogP contribution in [0.1, 0.15) is 28.8 Å². The summed E-state index contributed by atoms with van der Waals surface area (Å²) in [6, 6.07) is 16.1. The number of hydrogen-bond donors (Lipinski definition) is 2. The van der Waals surface area contributed by atoms with Crippen molar-refractivity contribution in [2.24, 2.45) is 5.10 Å². The second-order valence-corrected chi connectivity index (χ2v) is 6.81. The van der Waals surface area contributed by atoms with E-state index in [-0.39, 0.29) is 24.5 Å². The third kappa shape index (κ3) is 5.01. The van der Waals surface area contributed by atoms with Gasteiger partial charge in [0, 0.05) is 22.9 Å². The zero-order valence-corrected chi connectivity index (χ0v) is 15.9. The molecule has 8 heteroatoms. The fourth-order valence-corrected chi connectivity index (χ4v) is 2.77. The van der Waals surface area contributed by atoms with Crippen molar-refractivity contribution in [3.63, 3.8) is 0 Å². The molecule has 0 bridgehead atoms. The van der Waals surface area contributed by atoms with Crippen molar-refractivity contribution >= 4 is 39.4 Å². The number of rotatable bonds is 4. The first-order chi connectivity index (χ1) is 13.0. The number of halogens is 1. The molecule has 0 saturated carbocycles. The summed E-state index contributed by atoms with van der Waals surface area (Å²) < 4.78 is 0.850. The van der Waals surface area contributed by atoms with Gasteiger partial charge >= 0.3 is 0 Å². The molecule has 1 aliphatic heterocycles. The lowest BCUT2D eigenvalue weighted by Gasteiger charge is -2.23. The highest BCUT2D eigenvalue weighted by Gasteiger charge is 2.24. The van der Waals surface area contributed by atoms with Crippen molar-refractivity contribution in [3.8, 4) is 0 Å². The summed E-state index contributed by atoms with van der Waals surface area (Å²) >= 11 is 3.29. The first-order valence-corrected chi connectivity index (χ1v) is 9.10. The Morgan fingerprint density at radius 1 is 0.963 bits per heavy atom. The predicted molar refractivity (Wildman–Crippen MR) is 103 cm³/mol. The Labute approximate surface area is 164 Å². The summed E-state index contributed by atoms with van der Waals surface area (Å²) in [4.78, 5) is 36.4. The maximum atomic E-state index is 12.3. The van der Waals surface area contributed by atoms with Gasteiger partial charge in [0.25, 0.3) is 11.8 Å². The highest BCUT2D eigenvalue weighted by Crippen LogP contribution is 2.14. The first kappa shape index (κ1) is 18.8. The lowest BCUT2D eigenvalue weighted by atomic mass is 10.1. The Bertz CT molecular complexity index is 882. The number of hydrazine groups is 1. The fraction of sp³-hybridized carbons (Fsp3) is 0.158. The molecule has 27 heavy (non-hydrogen) atoms. The third-order valence-electron chi connectivity index (χ3n) is 3.94. The summed E-state index contributed by atoms with van der Waals surface area (Å²) in [6.07, 6.45) is 0.420. The number of nitrogens with zero attached hydrogens (tertiary/aromatic N) is 2. The van der Waals surface area contributed by atoms with Gasteiger partial charge in [0.05, 0.1) is 6.54 Å². The number of hydrogen-bond acceptors (Lipinski definition) is 4. The van der Waals surface area contributed by atoms with Crippen LogP contribution in [0.3, 0.4) is 0 Å². The molecule has 3 rings (SSSR count). The van der Waals surface area contributed by atoms with Crippen molar-refractivity contribution in [1.82, 2.24) is 15.9 Å². The normalized spacial score (nSPS) is 13.7. The topological polar surface area (TPSA) is 90.9 Å². The van der Waals surface area contributed by atoms with Gasteiger partial charge in [0.15, 0.2) is 0 Å².